The summed E-state index contributed by atoms with van der Waals surface area (Å²) in [6.45, 7) is 5.58. The summed E-state index contributed by atoms with van der Waals surface area (Å²) in [6, 6.07) is 0. The number of ether oxygens (including phenoxy) is 6. The standard InChI is InChI=1S/C22H40O11/c1-10(2)15-7-16(28-4)21(11(3)30-15)33-22-20(27)13(24)5-12(31-22)9-29-18-6-14(25)19(26)17(8-23)32-18/h10-27H,5-9H2,1-4H3/t11?,12?,13?,14?,15?,16?,17?,18?,19-,20+,21?,22?/m0/s1. The van der Waals surface area contributed by atoms with Crippen LogP contribution in [0, 0.1) is 5.92 Å². The molecular weight excluding hydrogens is 440 g/mol. The maximum atomic E-state index is 10.5. The lowest BCUT2D eigenvalue weighted by molar-refractivity contribution is -0.324. The van der Waals surface area contributed by atoms with Crippen LogP contribution < -0.4 is 0 Å². The molecule has 11 heteroatoms. The molecule has 3 heterocycles. The molecule has 0 saturated carbocycles. The van der Waals surface area contributed by atoms with Crippen LogP contribution in [0.2, 0.25) is 0 Å². The van der Waals surface area contributed by atoms with Crippen molar-refractivity contribution in [1.29, 1.82) is 0 Å². The van der Waals surface area contributed by atoms with Crippen molar-refractivity contribution in [3.05, 3.63) is 0 Å². The molecule has 0 aliphatic carbocycles. The first-order valence-electron chi connectivity index (χ1n) is 11.7. The van der Waals surface area contributed by atoms with Gasteiger partial charge in [-0.2, -0.15) is 0 Å². The molecule has 3 aliphatic rings. The molecule has 33 heavy (non-hydrogen) atoms. The van der Waals surface area contributed by atoms with E-state index >= 15 is 0 Å². The predicted octanol–water partition coefficient (Wildman–Crippen LogP) is -1.10. The van der Waals surface area contributed by atoms with Crippen LogP contribution in [-0.2, 0) is 28.4 Å². The highest BCUT2D eigenvalue weighted by Gasteiger charge is 2.45. The molecule has 0 aromatic heterocycles. The molecule has 3 saturated heterocycles. The summed E-state index contributed by atoms with van der Waals surface area (Å²) in [5, 5.41) is 49.9. The number of hydrogen-bond acceptors (Lipinski definition) is 11. The number of rotatable bonds is 8. The zero-order valence-electron chi connectivity index (χ0n) is 19.7. The third-order valence-corrected chi connectivity index (χ3v) is 6.71. The average Bonchev–Trinajstić information content (AvgIpc) is 2.78. The molecule has 3 fully saturated rings. The summed E-state index contributed by atoms with van der Waals surface area (Å²) < 4.78 is 34.8. The summed E-state index contributed by atoms with van der Waals surface area (Å²) in [7, 11) is 1.61. The number of aliphatic hydroxyl groups excluding tert-OH is 5. The number of aliphatic hydroxyl groups is 5. The van der Waals surface area contributed by atoms with Crippen molar-refractivity contribution in [2.75, 3.05) is 20.3 Å². The summed E-state index contributed by atoms with van der Waals surface area (Å²) in [4.78, 5) is 0. The topological polar surface area (TPSA) is 157 Å². The van der Waals surface area contributed by atoms with E-state index in [0.29, 0.717) is 12.3 Å². The van der Waals surface area contributed by atoms with Crippen molar-refractivity contribution in [3.63, 3.8) is 0 Å². The van der Waals surface area contributed by atoms with E-state index in [1.807, 2.05) is 6.92 Å². The summed E-state index contributed by atoms with van der Waals surface area (Å²) in [6.07, 6.45) is -8.43. The zero-order valence-corrected chi connectivity index (χ0v) is 19.7. The van der Waals surface area contributed by atoms with Gasteiger partial charge >= 0.3 is 0 Å². The van der Waals surface area contributed by atoms with Crippen molar-refractivity contribution in [2.45, 2.75) is 114 Å². The molecule has 194 valence electrons. The lowest BCUT2D eigenvalue weighted by Gasteiger charge is -2.45. The second kappa shape index (κ2) is 12.0. The minimum absolute atomic E-state index is 0.00484. The Balaban J connectivity index is 1.57. The van der Waals surface area contributed by atoms with Gasteiger partial charge in [-0.1, -0.05) is 13.8 Å². The first kappa shape index (κ1) is 27.2. The van der Waals surface area contributed by atoms with Gasteiger partial charge < -0.3 is 54.0 Å². The Morgan fingerprint density at radius 2 is 1.64 bits per heavy atom. The van der Waals surface area contributed by atoms with Crippen LogP contribution >= 0.6 is 0 Å². The molecule has 0 bridgehead atoms. The second-order valence-corrected chi connectivity index (χ2v) is 9.57. The molecule has 0 aromatic carbocycles. The molecule has 0 spiro atoms. The lowest BCUT2D eigenvalue weighted by Crippen LogP contribution is -2.57. The fourth-order valence-corrected chi connectivity index (χ4v) is 4.61. The Labute approximate surface area is 194 Å². The molecule has 3 rings (SSSR count). The zero-order chi connectivity index (χ0) is 24.3. The first-order valence-corrected chi connectivity index (χ1v) is 11.7. The van der Waals surface area contributed by atoms with Gasteiger partial charge in [0.25, 0.3) is 0 Å². The van der Waals surface area contributed by atoms with Gasteiger partial charge in [-0.15, -0.1) is 0 Å². The van der Waals surface area contributed by atoms with Crippen LogP contribution in [-0.4, -0.2) is 119 Å². The molecule has 0 amide bonds. The van der Waals surface area contributed by atoms with E-state index in [9.17, 15) is 25.5 Å². The van der Waals surface area contributed by atoms with E-state index in [1.165, 1.54) is 0 Å². The lowest BCUT2D eigenvalue weighted by atomic mass is 9.92. The number of hydrogen-bond donors (Lipinski definition) is 5. The van der Waals surface area contributed by atoms with Gasteiger partial charge in [0, 0.05) is 26.4 Å². The summed E-state index contributed by atoms with van der Waals surface area (Å²) in [5.74, 6) is 0.318. The van der Waals surface area contributed by atoms with E-state index in [2.05, 4.69) is 13.8 Å². The van der Waals surface area contributed by atoms with Gasteiger partial charge in [-0.05, 0) is 12.8 Å². The molecule has 11 nitrogen and oxygen atoms in total. The normalized spacial score (nSPS) is 47.1. The van der Waals surface area contributed by atoms with Gasteiger partial charge in [0.1, 0.15) is 24.4 Å². The summed E-state index contributed by atoms with van der Waals surface area (Å²) in [5.41, 5.74) is 0. The Hall–Kier alpha value is -0.440. The first-order chi connectivity index (χ1) is 15.6. The molecule has 0 aromatic rings. The Kier molecular flexibility index (Phi) is 9.87. The van der Waals surface area contributed by atoms with Crippen molar-refractivity contribution in [3.8, 4) is 0 Å². The van der Waals surface area contributed by atoms with Gasteiger partial charge in [-0.3, -0.25) is 0 Å². The minimum atomic E-state index is -1.25. The van der Waals surface area contributed by atoms with E-state index in [1.54, 1.807) is 7.11 Å². The molecular formula is C22H40O11. The second-order valence-electron chi connectivity index (χ2n) is 9.57. The molecule has 3 aliphatic heterocycles. The maximum absolute atomic E-state index is 10.5. The molecule has 5 N–H and O–H groups in total. The van der Waals surface area contributed by atoms with E-state index < -0.39 is 61.9 Å². The monoisotopic (exact) mass is 480 g/mol. The SMILES string of the molecule is COC1CC(C(C)C)OC(C)C1OC1OC(COC2CC(O)[C@H](O)C(CO)O2)CC(O)[C@H]1O. The largest absolute Gasteiger partial charge is 0.394 e. The van der Waals surface area contributed by atoms with Gasteiger partial charge in [0.15, 0.2) is 12.6 Å². The number of methoxy groups -OCH3 is 1. The Morgan fingerprint density at radius 3 is 2.27 bits per heavy atom. The fourth-order valence-electron chi connectivity index (χ4n) is 4.61. The van der Waals surface area contributed by atoms with Gasteiger partial charge in [-0.25, -0.2) is 0 Å². The summed E-state index contributed by atoms with van der Waals surface area (Å²) >= 11 is 0. The smallest absolute Gasteiger partial charge is 0.186 e. The van der Waals surface area contributed by atoms with Crippen molar-refractivity contribution in [2.24, 2.45) is 5.92 Å². The highest BCUT2D eigenvalue weighted by atomic mass is 16.7. The van der Waals surface area contributed by atoms with Crippen LogP contribution in [0.15, 0.2) is 0 Å². The highest BCUT2D eigenvalue weighted by molar-refractivity contribution is 4.90. The average molecular weight is 481 g/mol. The van der Waals surface area contributed by atoms with E-state index in [4.69, 9.17) is 28.4 Å². The minimum Gasteiger partial charge on any atom is -0.394 e. The van der Waals surface area contributed by atoms with Crippen molar-refractivity contribution in [1.82, 2.24) is 0 Å². The third kappa shape index (κ3) is 6.62. The Morgan fingerprint density at radius 1 is 0.939 bits per heavy atom. The van der Waals surface area contributed by atoms with Crippen LogP contribution in [0.4, 0.5) is 0 Å². The molecule has 12 atom stereocenters. The van der Waals surface area contributed by atoms with Crippen LogP contribution in [0.3, 0.4) is 0 Å². The Bertz CT molecular complexity index is 593. The van der Waals surface area contributed by atoms with Crippen LogP contribution in [0.5, 0.6) is 0 Å². The maximum Gasteiger partial charge on any atom is 0.186 e. The van der Waals surface area contributed by atoms with E-state index in [-0.39, 0.29) is 37.8 Å². The third-order valence-electron chi connectivity index (χ3n) is 6.71. The highest BCUT2D eigenvalue weighted by Crippen LogP contribution is 2.32. The van der Waals surface area contributed by atoms with Gasteiger partial charge in [0.2, 0.25) is 0 Å². The quantitative estimate of drug-likeness (QED) is 0.287. The van der Waals surface area contributed by atoms with Gasteiger partial charge in [0.05, 0.1) is 49.8 Å². The van der Waals surface area contributed by atoms with E-state index in [0.717, 1.165) is 0 Å². The van der Waals surface area contributed by atoms with Crippen LogP contribution in [0.1, 0.15) is 40.0 Å². The van der Waals surface area contributed by atoms with Crippen LogP contribution in [0.25, 0.3) is 0 Å². The molecule has 0 radical (unpaired) electrons. The predicted molar refractivity (Wildman–Crippen MR) is 113 cm³/mol. The molecule has 10 unspecified atom stereocenters. The van der Waals surface area contributed by atoms with Crippen molar-refractivity contribution < 1.29 is 54.0 Å². The fraction of sp³-hybridized carbons (Fsp3) is 1.00. The van der Waals surface area contributed by atoms with Crippen molar-refractivity contribution >= 4 is 0 Å².